The van der Waals surface area contributed by atoms with Crippen LogP contribution in [0.25, 0.3) is 0 Å². The minimum Gasteiger partial charge on any atom is -0.435 e. The Labute approximate surface area is 108 Å². The first-order valence-electron chi connectivity index (χ1n) is 5.62. The zero-order chi connectivity index (χ0) is 13.7. The first kappa shape index (κ1) is 13.1. The van der Waals surface area contributed by atoms with Gasteiger partial charge in [0.1, 0.15) is 5.75 Å². The van der Waals surface area contributed by atoms with Crippen LogP contribution in [-0.4, -0.2) is 17.4 Å². The highest BCUT2D eigenvalue weighted by molar-refractivity contribution is 5.97. The number of alkyl halides is 2. The lowest BCUT2D eigenvalue weighted by atomic mass is 10.0. The maximum Gasteiger partial charge on any atom is 0.387 e. The van der Waals surface area contributed by atoms with Gasteiger partial charge in [-0.2, -0.15) is 8.78 Å². The van der Waals surface area contributed by atoms with Gasteiger partial charge in [-0.3, -0.25) is 9.78 Å². The van der Waals surface area contributed by atoms with E-state index in [1.165, 1.54) is 24.3 Å². The molecular formula is C14H11F2NO2. The van der Waals surface area contributed by atoms with E-state index in [0.29, 0.717) is 5.56 Å². The standard InChI is InChI=1S/C14H11F2NO2/c15-14(16)19-12-5-3-11(4-6-12)13(18)8-10-2-1-7-17-9-10/h1-7,9,14H,8H2. The summed E-state index contributed by atoms with van der Waals surface area (Å²) in [6.07, 6.45) is 3.47. The first-order chi connectivity index (χ1) is 9.15. The first-order valence-corrected chi connectivity index (χ1v) is 5.62. The Hall–Kier alpha value is -2.30. The summed E-state index contributed by atoms with van der Waals surface area (Å²) < 4.78 is 28.2. The van der Waals surface area contributed by atoms with Crippen LogP contribution in [0.5, 0.6) is 5.75 Å². The molecule has 0 N–H and O–H groups in total. The number of nitrogens with zero attached hydrogens (tertiary/aromatic N) is 1. The molecule has 0 aliphatic rings. The molecule has 0 atom stereocenters. The summed E-state index contributed by atoms with van der Waals surface area (Å²) in [5.74, 6) is -0.0653. The number of carbonyl (C=O) groups is 1. The zero-order valence-corrected chi connectivity index (χ0v) is 9.92. The molecule has 1 heterocycles. The van der Waals surface area contributed by atoms with Crippen LogP contribution < -0.4 is 4.74 Å². The molecule has 0 saturated carbocycles. The van der Waals surface area contributed by atoms with Gasteiger partial charge in [0.15, 0.2) is 5.78 Å². The third kappa shape index (κ3) is 3.84. The van der Waals surface area contributed by atoms with Crippen LogP contribution in [0, 0.1) is 0 Å². The van der Waals surface area contributed by atoms with Gasteiger partial charge in [0, 0.05) is 24.4 Å². The normalized spacial score (nSPS) is 10.5. The summed E-state index contributed by atoms with van der Waals surface area (Å²) in [6, 6.07) is 9.19. The van der Waals surface area contributed by atoms with Crippen LogP contribution in [-0.2, 0) is 6.42 Å². The maximum atomic E-state index is 12.0. The van der Waals surface area contributed by atoms with Crippen molar-refractivity contribution in [2.24, 2.45) is 0 Å². The summed E-state index contributed by atoms with van der Waals surface area (Å²) in [6.45, 7) is -2.86. The van der Waals surface area contributed by atoms with Crippen molar-refractivity contribution in [3.05, 3.63) is 59.9 Å². The SMILES string of the molecule is O=C(Cc1cccnc1)c1ccc(OC(F)F)cc1. The van der Waals surface area contributed by atoms with Crippen LogP contribution in [0.4, 0.5) is 8.78 Å². The molecule has 0 spiro atoms. The van der Waals surface area contributed by atoms with Gasteiger partial charge < -0.3 is 4.74 Å². The second-order valence-corrected chi connectivity index (χ2v) is 3.86. The van der Waals surface area contributed by atoms with Crippen LogP contribution >= 0.6 is 0 Å². The molecule has 1 aromatic carbocycles. The minimum absolute atomic E-state index is 0.0351. The summed E-state index contributed by atoms with van der Waals surface area (Å²) >= 11 is 0. The van der Waals surface area contributed by atoms with Crippen molar-refractivity contribution in [3.63, 3.8) is 0 Å². The quantitative estimate of drug-likeness (QED) is 0.778. The third-order valence-electron chi connectivity index (χ3n) is 2.49. The average molecular weight is 263 g/mol. The van der Waals surface area contributed by atoms with E-state index in [1.54, 1.807) is 24.5 Å². The number of carbonyl (C=O) groups excluding carboxylic acids is 1. The van der Waals surface area contributed by atoms with Gasteiger partial charge in [-0.15, -0.1) is 0 Å². The van der Waals surface area contributed by atoms with Crippen molar-refractivity contribution < 1.29 is 18.3 Å². The zero-order valence-electron chi connectivity index (χ0n) is 9.92. The number of rotatable bonds is 5. The van der Waals surface area contributed by atoms with Gasteiger partial charge in [-0.25, -0.2) is 0 Å². The summed E-state index contributed by atoms with van der Waals surface area (Å²) in [7, 11) is 0. The minimum atomic E-state index is -2.86. The van der Waals surface area contributed by atoms with E-state index in [-0.39, 0.29) is 18.0 Å². The van der Waals surface area contributed by atoms with E-state index < -0.39 is 6.61 Å². The number of ether oxygens (including phenoxy) is 1. The third-order valence-corrected chi connectivity index (χ3v) is 2.49. The summed E-state index contributed by atoms with van der Waals surface area (Å²) in [5, 5.41) is 0. The van der Waals surface area contributed by atoms with Crippen LogP contribution in [0.15, 0.2) is 48.8 Å². The van der Waals surface area contributed by atoms with E-state index in [1.807, 2.05) is 0 Å². The number of halogens is 2. The highest BCUT2D eigenvalue weighted by Gasteiger charge is 2.09. The number of pyridine rings is 1. The molecule has 0 saturated heterocycles. The molecule has 0 unspecified atom stereocenters. The second-order valence-electron chi connectivity index (χ2n) is 3.86. The Morgan fingerprint density at radius 1 is 1.21 bits per heavy atom. The number of hydrogen-bond acceptors (Lipinski definition) is 3. The highest BCUT2D eigenvalue weighted by atomic mass is 19.3. The van der Waals surface area contributed by atoms with Gasteiger partial charge in [0.2, 0.25) is 0 Å². The number of benzene rings is 1. The Kier molecular flexibility index (Phi) is 4.18. The van der Waals surface area contributed by atoms with Crippen molar-refractivity contribution in [2.45, 2.75) is 13.0 Å². The summed E-state index contributed by atoms with van der Waals surface area (Å²) in [5.41, 5.74) is 1.26. The molecule has 5 heteroatoms. The number of Topliss-reactive ketones (excluding diaryl/α,β-unsaturated/α-hetero) is 1. The van der Waals surface area contributed by atoms with Crippen LogP contribution in [0.1, 0.15) is 15.9 Å². The van der Waals surface area contributed by atoms with E-state index in [4.69, 9.17) is 0 Å². The molecule has 0 aliphatic heterocycles. The maximum absolute atomic E-state index is 12.0. The van der Waals surface area contributed by atoms with Gasteiger partial charge in [-0.05, 0) is 35.9 Å². The van der Waals surface area contributed by atoms with Gasteiger partial charge in [0.25, 0.3) is 0 Å². The molecule has 0 bridgehead atoms. The van der Waals surface area contributed by atoms with Gasteiger partial charge in [-0.1, -0.05) is 6.07 Å². The largest absolute Gasteiger partial charge is 0.435 e. The Morgan fingerprint density at radius 2 is 1.95 bits per heavy atom. The Bertz CT molecular complexity index is 541. The number of hydrogen-bond donors (Lipinski definition) is 0. The Balaban J connectivity index is 2.04. The van der Waals surface area contributed by atoms with Crippen molar-refractivity contribution in [2.75, 3.05) is 0 Å². The Morgan fingerprint density at radius 3 is 2.53 bits per heavy atom. The molecular weight excluding hydrogens is 252 g/mol. The highest BCUT2D eigenvalue weighted by Crippen LogP contribution is 2.16. The smallest absolute Gasteiger partial charge is 0.387 e. The molecule has 3 nitrogen and oxygen atoms in total. The van der Waals surface area contributed by atoms with E-state index in [9.17, 15) is 13.6 Å². The monoisotopic (exact) mass is 263 g/mol. The lowest BCUT2D eigenvalue weighted by Gasteiger charge is -2.05. The number of aromatic nitrogens is 1. The van der Waals surface area contributed by atoms with E-state index in [2.05, 4.69) is 9.72 Å². The predicted molar refractivity (Wildman–Crippen MR) is 65.3 cm³/mol. The molecule has 2 rings (SSSR count). The molecule has 0 amide bonds. The van der Waals surface area contributed by atoms with Gasteiger partial charge in [0.05, 0.1) is 0 Å². The average Bonchev–Trinajstić information content (AvgIpc) is 2.40. The molecule has 1 aromatic heterocycles. The fourth-order valence-corrected chi connectivity index (χ4v) is 1.61. The molecule has 0 radical (unpaired) electrons. The molecule has 0 fully saturated rings. The molecule has 19 heavy (non-hydrogen) atoms. The molecule has 98 valence electrons. The van der Waals surface area contributed by atoms with Crippen LogP contribution in [0.3, 0.4) is 0 Å². The van der Waals surface area contributed by atoms with E-state index in [0.717, 1.165) is 5.56 Å². The lowest BCUT2D eigenvalue weighted by molar-refractivity contribution is -0.0498. The molecule has 2 aromatic rings. The lowest BCUT2D eigenvalue weighted by Crippen LogP contribution is -2.05. The number of ketones is 1. The van der Waals surface area contributed by atoms with Gasteiger partial charge >= 0.3 is 6.61 Å². The van der Waals surface area contributed by atoms with Crippen molar-refractivity contribution in [1.82, 2.24) is 4.98 Å². The fraction of sp³-hybridized carbons (Fsp3) is 0.143. The van der Waals surface area contributed by atoms with E-state index >= 15 is 0 Å². The second kappa shape index (κ2) is 6.04. The topological polar surface area (TPSA) is 39.2 Å². The van der Waals surface area contributed by atoms with Crippen molar-refractivity contribution in [3.8, 4) is 5.75 Å². The van der Waals surface area contributed by atoms with Crippen molar-refractivity contribution in [1.29, 1.82) is 0 Å². The van der Waals surface area contributed by atoms with Crippen molar-refractivity contribution >= 4 is 5.78 Å². The predicted octanol–water partition coefficient (Wildman–Crippen LogP) is 3.11. The summed E-state index contributed by atoms with van der Waals surface area (Å²) in [4.78, 5) is 15.9. The fourth-order valence-electron chi connectivity index (χ4n) is 1.61. The molecule has 0 aliphatic carbocycles. The van der Waals surface area contributed by atoms with Crippen LogP contribution in [0.2, 0.25) is 0 Å².